The summed E-state index contributed by atoms with van der Waals surface area (Å²) in [5, 5.41) is 0. The molecule has 0 saturated carbocycles. The van der Waals surface area contributed by atoms with Crippen molar-refractivity contribution < 1.29 is 0 Å². The third kappa shape index (κ3) is 3.74. The van der Waals surface area contributed by atoms with E-state index in [4.69, 9.17) is 0 Å². The molecule has 0 atom stereocenters. The molecular formula is C17H12S. The summed E-state index contributed by atoms with van der Waals surface area (Å²) in [4.78, 5) is 1.25. The molecule has 0 bridgehead atoms. The zero-order valence-electron chi connectivity index (χ0n) is 10.1. The minimum Gasteiger partial charge on any atom is -0.130 e. The zero-order valence-corrected chi connectivity index (χ0v) is 10.9. The van der Waals surface area contributed by atoms with Crippen LogP contribution in [0.4, 0.5) is 0 Å². The van der Waals surface area contributed by atoms with Gasteiger partial charge in [-0.25, -0.2) is 0 Å². The predicted octanol–water partition coefficient (Wildman–Crippen LogP) is 3.81. The van der Waals surface area contributed by atoms with Crippen LogP contribution in [0, 0.1) is 23.7 Å². The summed E-state index contributed by atoms with van der Waals surface area (Å²) in [7, 11) is 0. The van der Waals surface area contributed by atoms with Gasteiger partial charge in [0, 0.05) is 16.0 Å². The largest absolute Gasteiger partial charge is 0.130 e. The molecule has 0 amide bonds. The fourth-order valence-corrected chi connectivity index (χ4v) is 1.81. The molecule has 0 aliphatic carbocycles. The molecule has 86 valence electrons. The van der Waals surface area contributed by atoms with Gasteiger partial charge in [-0.1, -0.05) is 30.0 Å². The molecule has 0 nitrogen and oxygen atoms in total. The van der Waals surface area contributed by atoms with Crippen molar-refractivity contribution >= 4 is 11.8 Å². The number of hydrogen-bond donors (Lipinski definition) is 0. The summed E-state index contributed by atoms with van der Waals surface area (Å²) in [6.07, 6.45) is 2.06. The van der Waals surface area contributed by atoms with Gasteiger partial charge < -0.3 is 0 Å². The van der Waals surface area contributed by atoms with Crippen LogP contribution in [0.3, 0.4) is 0 Å². The fourth-order valence-electron chi connectivity index (χ4n) is 1.40. The van der Waals surface area contributed by atoms with Crippen molar-refractivity contribution in [2.75, 3.05) is 6.26 Å². The lowest BCUT2D eigenvalue weighted by molar-refractivity contribution is 1.45. The normalized spacial score (nSPS) is 8.72. The van der Waals surface area contributed by atoms with Gasteiger partial charge in [-0.05, 0) is 54.5 Å². The van der Waals surface area contributed by atoms with E-state index in [2.05, 4.69) is 42.1 Å². The quantitative estimate of drug-likeness (QED) is 0.546. The van der Waals surface area contributed by atoms with Crippen LogP contribution in [-0.2, 0) is 0 Å². The van der Waals surface area contributed by atoms with Crippen molar-refractivity contribution in [2.24, 2.45) is 0 Å². The van der Waals surface area contributed by atoms with Crippen LogP contribution in [0.5, 0.6) is 0 Å². The first-order valence-corrected chi connectivity index (χ1v) is 6.82. The molecule has 0 heterocycles. The third-order valence-corrected chi connectivity index (χ3v) is 3.08. The topological polar surface area (TPSA) is 0 Å². The highest BCUT2D eigenvalue weighted by Crippen LogP contribution is 2.14. The summed E-state index contributed by atoms with van der Waals surface area (Å²) < 4.78 is 0. The van der Waals surface area contributed by atoms with E-state index in [-0.39, 0.29) is 0 Å². The van der Waals surface area contributed by atoms with Crippen LogP contribution in [0.2, 0.25) is 0 Å². The van der Waals surface area contributed by atoms with E-state index in [1.165, 1.54) is 4.90 Å². The van der Waals surface area contributed by atoms with Crippen LogP contribution in [0.15, 0.2) is 59.5 Å². The predicted molar refractivity (Wildman–Crippen MR) is 78.4 cm³/mol. The molecule has 0 saturated heterocycles. The molecule has 0 fully saturated rings. The Morgan fingerprint density at radius 3 is 1.83 bits per heavy atom. The SMILES string of the molecule is CSc1ccc(C#CC#Cc2ccccc2)cc1. The number of benzene rings is 2. The Morgan fingerprint density at radius 2 is 1.28 bits per heavy atom. The second-order valence-corrected chi connectivity index (χ2v) is 4.47. The Labute approximate surface area is 112 Å². The van der Waals surface area contributed by atoms with Gasteiger partial charge in [0.15, 0.2) is 0 Å². The summed E-state index contributed by atoms with van der Waals surface area (Å²) in [5.41, 5.74) is 1.99. The molecule has 1 heteroatoms. The molecule has 0 unspecified atom stereocenters. The molecule has 2 aromatic rings. The standard InChI is InChI=1S/C17H12S/c1-18-17-13-11-16(12-14-17)10-6-5-9-15-7-3-2-4-8-15/h2-4,7-8,11-14H,1H3. The molecule has 18 heavy (non-hydrogen) atoms. The highest BCUT2D eigenvalue weighted by atomic mass is 32.2. The van der Waals surface area contributed by atoms with Crippen molar-refractivity contribution in [3.63, 3.8) is 0 Å². The highest BCUT2D eigenvalue weighted by Gasteiger charge is 1.88. The Kier molecular flexibility index (Phi) is 4.53. The first-order chi connectivity index (χ1) is 8.88. The molecule has 2 rings (SSSR count). The van der Waals surface area contributed by atoms with Gasteiger partial charge in [0.1, 0.15) is 0 Å². The number of rotatable bonds is 1. The Hall–Kier alpha value is -2.09. The van der Waals surface area contributed by atoms with Gasteiger partial charge >= 0.3 is 0 Å². The molecule has 0 aliphatic rings. The Bertz CT molecular complexity index is 617. The third-order valence-electron chi connectivity index (χ3n) is 2.34. The molecule has 2 aromatic carbocycles. The lowest BCUT2D eigenvalue weighted by Gasteiger charge is -1.93. The average Bonchev–Trinajstić information content (AvgIpc) is 2.45. The van der Waals surface area contributed by atoms with Crippen LogP contribution >= 0.6 is 11.8 Å². The van der Waals surface area contributed by atoms with Crippen LogP contribution in [0.25, 0.3) is 0 Å². The maximum atomic E-state index is 3.03. The second-order valence-electron chi connectivity index (χ2n) is 3.59. The van der Waals surface area contributed by atoms with Gasteiger partial charge in [0.25, 0.3) is 0 Å². The van der Waals surface area contributed by atoms with E-state index >= 15 is 0 Å². The van der Waals surface area contributed by atoms with E-state index in [1.807, 2.05) is 42.5 Å². The summed E-state index contributed by atoms with van der Waals surface area (Å²) >= 11 is 1.73. The van der Waals surface area contributed by atoms with Gasteiger partial charge in [0.2, 0.25) is 0 Å². The highest BCUT2D eigenvalue weighted by molar-refractivity contribution is 7.98. The van der Waals surface area contributed by atoms with Gasteiger partial charge in [0.05, 0.1) is 0 Å². The minimum absolute atomic E-state index is 0.990. The Balaban J connectivity index is 2.06. The van der Waals surface area contributed by atoms with Gasteiger partial charge in [-0.15, -0.1) is 11.8 Å². The molecule has 0 N–H and O–H groups in total. The minimum atomic E-state index is 0.990. The van der Waals surface area contributed by atoms with Gasteiger partial charge in [-0.3, -0.25) is 0 Å². The Morgan fingerprint density at radius 1 is 0.722 bits per heavy atom. The fraction of sp³-hybridized carbons (Fsp3) is 0.0588. The number of hydrogen-bond acceptors (Lipinski definition) is 1. The summed E-state index contributed by atoms with van der Waals surface area (Å²) in [6, 6.07) is 18.0. The molecule has 0 aliphatic heterocycles. The molecule has 0 radical (unpaired) electrons. The monoisotopic (exact) mass is 248 g/mol. The summed E-state index contributed by atoms with van der Waals surface area (Å²) in [6.45, 7) is 0. The maximum absolute atomic E-state index is 3.03. The smallest absolute Gasteiger partial charge is 0.0256 e. The lowest BCUT2D eigenvalue weighted by Crippen LogP contribution is -1.74. The van der Waals surface area contributed by atoms with Gasteiger partial charge in [-0.2, -0.15) is 0 Å². The maximum Gasteiger partial charge on any atom is 0.0256 e. The van der Waals surface area contributed by atoms with Crippen molar-refractivity contribution in [3.8, 4) is 23.7 Å². The number of thioether (sulfide) groups is 1. The lowest BCUT2D eigenvalue weighted by atomic mass is 10.2. The van der Waals surface area contributed by atoms with Crippen molar-refractivity contribution in [1.29, 1.82) is 0 Å². The van der Waals surface area contributed by atoms with E-state index in [0.29, 0.717) is 0 Å². The molecule has 0 spiro atoms. The van der Waals surface area contributed by atoms with Crippen molar-refractivity contribution in [3.05, 3.63) is 65.7 Å². The van der Waals surface area contributed by atoms with Crippen molar-refractivity contribution in [1.82, 2.24) is 0 Å². The van der Waals surface area contributed by atoms with Crippen molar-refractivity contribution in [2.45, 2.75) is 4.90 Å². The van der Waals surface area contributed by atoms with E-state index in [1.54, 1.807) is 11.8 Å². The first-order valence-electron chi connectivity index (χ1n) is 5.59. The van der Waals surface area contributed by atoms with Crippen LogP contribution < -0.4 is 0 Å². The first kappa shape index (κ1) is 12.4. The summed E-state index contributed by atoms with van der Waals surface area (Å²) in [5.74, 6) is 11.8. The zero-order chi connectivity index (χ0) is 12.6. The molecule has 0 aromatic heterocycles. The van der Waals surface area contributed by atoms with Crippen LogP contribution in [0.1, 0.15) is 11.1 Å². The van der Waals surface area contributed by atoms with Crippen LogP contribution in [-0.4, -0.2) is 6.26 Å². The van der Waals surface area contributed by atoms with E-state index < -0.39 is 0 Å². The average molecular weight is 248 g/mol. The van der Waals surface area contributed by atoms with E-state index in [0.717, 1.165) is 11.1 Å². The van der Waals surface area contributed by atoms with E-state index in [9.17, 15) is 0 Å². The molecular weight excluding hydrogens is 236 g/mol. The second kappa shape index (κ2) is 6.60.